The quantitative estimate of drug-likeness (QED) is 0.188. The van der Waals surface area contributed by atoms with E-state index in [0.29, 0.717) is 21.8 Å². The Hall–Kier alpha value is -3.47. The molecular weight excluding hydrogens is 529 g/mol. The molecular formula is C28H28FNO6S2. The molecule has 0 fully saturated rings. The Morgan fingerprint density at radius 2 is 1.76 bits per heavy atom. The second kappa shape index (κ2) is 11.5. The predicted octanol–water partition coefficient (Wildman–Crippen LogP) is 6.00. The van der Waals surface area contributed by atoms with Crippen molar-refractivity contribution in [3.8, 4) is 38.9 Å². The van der Waals surface area contributed by atoms with Gasteiger partial charge in [0.1, 0.15) is 22.2 Å². The van der Waals surface area contributed by atoms with Crippen molar-refractivity contribution in [1.82, 2.24) is 4.37 Å². The molecule has 10 heteroatoms. The van der Waals surface area contributed by atoms with Gasteiger partial charge in [-0.1, -0.05) is 18.2 Å². The minimum atomic E-state index is -3.09. The molecule has 7 nitrogen and oxygen atoms in total. The molecule has 0 aliphatic heterocycles. The van der Waals surface area contributed by atoms with Gasteiger partial charge in [-0.25, -0.2) is 12.8 Å². The second-order valence-electron chi connectivity index (χ2n) is 9.06. The van der Waals surface area contributed by atoms with Crippen molar-refractivity contribution in [2.45, 2.75) is 26.9 Å². The maximum atomic E-state index is 15.1. The first kappa shape index (κ1) is 27.6. The molecule has 0 spiro atoms. The lowest BCUT2D eigenvalue weighted by Crippen LogP contribution is -2.09. The van der Waals surface area contributed by atoms with Gasteiger partial charge >= 0.3 is 0 Å². The van der Waals surface area contributed by atoms with Crippen LogP contribution in [0.2, 0.25) is 0 Å². The van der Waals surface area contributed by atoms with E-state index < -0.39 is 26.6 Å². The fourth-order valence-corrected chi connectivity index (χ4v) is 5.69. The van der Waals surface area contributed by atoms with Crippen LogP contribution in [0.4, 0.5) is 4.39 Å². The molecule has 200 valence electrons. The zero-order chi connectivity index (χ0) is 27.4. The van der Waals surface area contributed by atoms with Crippen LogP contribution in [-0.2, 0) is 16.4 Å². The number of rotatable bonds is 10. The third-order valence-corrected chi connectivity index (χ3v) is 8.08. The van der Waals surface area contributed by atoms with Crippen molar-refractivity contribution in [2.24, 2.45) is 0 Å². The standard InChI is InChI=1S/C28H28FNO6S2/c1-18-14-24(35-12-5-13-38(3,33)34)28(29)19(2)27(18)22-7-4-6-20(15-22)17-36-23-10-8-21(9-11-23)25-16-26(31)30-37(25)32/h4,6-11,14-16H,5,12-13,17H2,1-3H3,(H,30,31). The minimum Gasteiger partial charge on any atom is -0.568 e. The van der Waals surface area contributed by atoms with E-state index in [4.69, 9.17) is 9.47 Å². The largest absolute Gasteiger partial charge is 0.568 e. The average Bonchev–Trinajstić information content (AvgIpc) is 3.21. The summed E-state index contributed by atoms with van der Waals surface area (Å²) in [5.41, 5.74) is 4.47. The summed E-state index contributed by atoms with van der Waals surface area (Å²) in [6.45, 7) is 3.98. The number of benzene rings is 3. The first-order chi connectivity index (χ1) is 18.0. The summed E-state index contributed by atoms with van der Waals surface area (Å²) in [7, 11) is -4.71. The minimum absolute atomic E-state index is 0.0117. The third-order valence-electron chi connectivity index (χ3n) is 5.96. The molecule has 1 aromatic heterocycles. The highest BCUT2D eigenvalue weighted by molar-refractivity contribution is 7.90. The molecule has 1 heterocycles. The van der Waals surface area contributed by atoms with Crippen LogP contribution >= 0.6 is 10.9 Å². The SMILES string of the molecule is Cc1cc(OCCCS(C)(=O)=O)c(F)c(C)c1-c1cccc(COc2ccc(-c3cc(O)n[s+]3[O-])cc2)c1. The maximum Gasteiger partial charge on any atom is 0.270 e. The van der Waals surface area contributed by atoms with Crippen molar-refractivity contribution in [1.29, 1.82) is 0 Å². The Morgan fingerprint density at radius 1 is 1.03 bits per heavy atom. The van der Waals surface area contributed by atoms with E-state index in [9.17, 15) is 18.1 Å². The molecule has 4 rings (SSSR count). The van der Waals surface area contributed by atoms with Gasteiger partial charge in [-0.3, -0.25) is 0 Å². The Balaban J connectivity index is 1.45. The number of sulfone groups is 1. The Bertz CT molecular complexity index is 1550. The molecule has 0 saturated heterocycles. The highest BCUT2D eigenvalue weighted by Gasteiger charge is 2.17. The van der Waals surface area contributed by atoms with E-state index in [2.05, 4.69) is 4.37 Å². The number of ether oxygens (including phenoxy) is 2. The Kier molecular flexibility index (Phi) is 8.35. The van der Waals surface area contributed by atoms with Crippen molar-refractivity contribution < 1.29 is 31.9 Å². The first-order valence-electron chi connectivity index (χ1n) is 11.9. The van der Waals surface area contributed by atoms with E-state index in [1.165, 1.54) is 6.07 Å². The van der Waals surface area contributed by atoms with Gasteiger partial charge in [0.25, 0.3) is 5.88 Å². The number of nitrogens with zero attached hydrogens (tertiary/aromatic N) is 1. The molecule has 0 aliphatic rings. The van der Waals surface area contributed by atoms with Crippen molar-refractivity contribution >= 4 is 20.8 Å². The Morgan fingerprint density at radius 3 is 2.42 bits per heavy atom. The fraction of sp³-hybridized carbons (Fsp3) is 0.250. The molecule has 1 unspecified atom stereocenters. The molecule has 0 aliphatic carbocycles. The van der Waals surface area contributed by atoms with E-state index in [1.54, 1.807) is 37.3 Å². The Labute approximate surface area is 224 Å². The monoisotopic (exact) mass is 557 g/mol. The summed E-state index contributed by atoms with van der Waals surface area (Å²) >= 11 is 0. The molecule has 1 atom stereocenters. The summed E-state index contributed by atoms with van der Waals surface area (Å²) in [6.07, 6.45) is 1.45. The number of hydrogen-bond acceptors (Lipinski definition) is 7. The summed E-state index contributed by atoms with van der Waals surface area (Å²) in [5, 5.41) is 9.44. The molecule has 4 aromatic rings. The van der Waals surface area contributed by atoms with Gasteiger partial charge in [-0.05, 0) is 84.5 Å². The highest BCUT2D eigenvalue weighted by Crippen LogP contribution is 2.36. The van der Waals surface area contributed by atoms with Crippen LogP contribution < -0.4 is 9.47 Å². The maximum absolute atomic E-state index is 15.1. The zero-order valence-corrected chi connectivity index (χ0v) is 22.9. The number of hydrogen-bond donors (Lipinski definition) is 1. The van der Waals surface area contributed by atoms with Crippen LogP contribution in [0.3, 0.4) is 0 Å². The third kappa shape index (κ3) is 6.69. The van der Waals surface area contributed by atoms with Gasteiger partial charge in [0.05, 0.1) is 29.4 Å². The second-order valence-corrected chi connectivity index (χ2v) is 12.4. The lowest BCUT2D eigenvalue weighted by Gasteiger charge is -2.16. The molecule has 3 aromatic carbocycles. The molecule has 0 amide bonds. The molecule has 38 heavy (non-hydrogen) atoms. The van der Waals surface area contributed by atoms with Crippen molar-refractivity contribution in [3.05, 3.63) is 83.2 Å². The first-order valence-corrected chi connectivity index (χ1v) is 15.0. The van der Waals surface area contributed by atoms with Gasteiger partial charge in [0.15, 0.2) is 11.6 Å². The summed E-state index contributed by atoms with van der Waals surface area (Å²) < 4.78 is 64.7. The molecule has 1 N–H and O–H groups in total. The van der Waals surface area contributed by atoms with Crippen LogP contribution in [0.1, 0.15) is 23.1 Å². The van der Waals surface area contributed by atoms with Crippen LogP contribution in [0.5, 0.6) is 17.4 Å². The predicted molar refractivity (Wildman–Crippen MR) is 145 cm³/mol. The van der Waals surface area contributed by atoms with Crippen LogP contribution in [0.25, 0.3) is 21.6 Å². The van der Waals surface area contributed by atoms with Crippen LogP contribution in [0.15, 0.2) is 60.7 Å². The van der Waals surface area contributed by atoms with E-state index in [0.717, 1.165) is 28.5 Å². The van der Waals surface area contributed by atoms with Gasteiger partial charge in [0, 0.05) is 16.2 Å². The van der Waals surface area contributed by atoms with Crippen LogP contribution in [0, 0.1) is 19.7 Å². The average molecular weight is 558 g/mol. The lowest BCUT2D eigenvalue weighted by molar-refractivity contribution is 0.301. The van der Waals surface area contributed by atoms with Gasteiger partial charge in [-0.2, -0.15) is 0 Å². The topological polar surface area (TPSA) is 109 Å². The molecule has 0 bridgehead atoms. The smallest absolute Gasteiger partial charge is 0.270 e. The summed E-state index contributed by atoms with van der Waals surface area (Å²) in [6, 6.07) is 17.7. The van der Waals surface area contributed by atoms with Gasteiger partial charge in [0.2, 0.25) is 4.88 Å². The van der Waals surface area contributed by atoms with E-state index in [1.807, 2.05) is 31.2 Å². The van der Waals surface area contributed by atoms with E-state index in [-0.39, 0.29) is 37.0 Å². The summed E-state index contributed by atoms with van der Waals surface area (Å²) in [5.74, 6) is -0.00894. The normalized spacial score (nSPS) is 12.0. The molecule has 0 saturated carbocycles. The fourth-order valence-electron chi connectivity index (χ4n) is 4.19. The zero-order valence-electron chi connectivity index (χ0n) is 21.2. The van der Waals surface area contributed by atoms with E-state index >= 15 is 4.39 Å². The summed E-state index contributed by atoms with van der Waals surface area (Å²) in [4.78, 5) is 0.435. The highest BCUT2D eigenvalue weighted by atomic mass is 32.2. The number of halogens is 1. The lowest BCUT2D eigenvalue weighted by atomic mass is 9.94. The van der Waals surface area contributed by atoms with Gasteiger partial charge in [-0.15, -0.1) is 0 Å². The number of aromatic hydroxyl groups is 1. The van der Waals surface area contributed by atoms with Gasteiger partial charge < -0.3 is 19.1 Å². The number of aryl methyl sites for hydroxylation is 1. The van der Waals surface area contributed by atoms with Crippen molar-refractivity contribution in [2.75, 3.05) is 18.6 Å². The van der Waals surface area contributed by atoms with Crippen molar-refractivity contribution in [3.63, 3.8) is 0 Å². The van der Waals surface area contributed by atoms with Crippen LogP contribution in [-0.4, -0.2) is 41.1 Å². The molecule has 0 radical (unpaired) electrons. The number of aromatic nitrogens is 1.